The van der Waals surface area contributed by atoms with Gasteiger partial charge in [-0.15, -0.1) is 0 Å². The first kappa shape index (κ1) is 18.4. The maximum Gasteiger partial charge on any atom is 0.326 e. The first-order valence-electron chi connectivity index (χ1n) is 6.09. The predicted octanol–water partition coefficient (Wildman–Crippen LogP) is -0.237. The molecule has 0 aromatic rings. The lowest BCUT2D eigenvalue weighted by molar-refractivity contribution is -0.139. The number of carbonyl (C=O) groups excluding carboxylic acids is 2. The Balaban J connectivity index is 3.90. The summed E-state index contributed by atoms with van der Waals surface area (Å²) in [5.74, 6) is -0.411. The molecule has 0 radical (unpaired) electrons. The molecule has 0 saturated heterocycles. The third-order valence-corrected chi connectivity index (χ3v) is 2.95. The molecule has 0 bridgehead atoms. The van der Waals surface area contributed by atoms with Crippen molar-refractivity contribution in [1.29, 1.82) is 0 Å². The zero-order valence-corrected chi connectivity index (χ0v) is 12.7. The molecule has 0 spiro atoms. The number of amides is 4. The fourth-order valence-corrected chi connectivity index (χ4v) is 1.68. The molecule has 0 aliphatic rings. The lowest BCUT2D eigenvalue weighted by atomic mass is 10.2. The van der Waals surface area contributed by atoms with E-state index < -0.39 is 18.0 Å². The summed E-state index contributed by atoms with van der Waals surface area (Å²) < 4.78 is 0. The molecule has 0 aliphatic heterocycles. The molecule has 9 heteroatoms. The smallest absolute Gasteiger partial charge is 0.326 e. The molecule has 1 atom stereocenters. The Bertz CT molecular complexity index is 338. The van der Waals surface area contributed by atoms with Gasteiger partial charge in [-0.05, 0) is 18.4 Å². The van der Waals surface area contributed by atoms with E-state index in [2.05, 4.69) is 16.0 Å². The van der Waals surface area contributed by atoms with Gasteiger partial charge in [-0.2, -0.15) is 11.8 Å². The number of carboxylic acids is 1. The molecule has 4 N–H and O–H groups in total. The van der Waals surface area contributed by atoms with Gasteiger partial charge in [0.05, 0.1) is 0 Å². The van der Waals surface area contributed by atoms with E-state index in [1.807, 2.05) is 6.26 Å². The maximum atomic E-state index is 11.5. The van der Waals surface area contributed by atoms with Gasteiger partial charge in [-0.1, -0.05) is 0 Å². The number of hydrogen-bond donors (Lipinski definition) is 4. The van der Waals surface area contributed by atoms with Crippen molar-refractivity contribution in [1.82, 2.24) is 20.9 Å². The van der Waals surface area contributed by atoms with E-state index in [0.717, 1.165) is 0 Å². The molecule has 0 rings (SSSR count). The molecule has 0 aliphatic carbocycles. The second kappa shape index (κ2) is 10.2. The van der Waals surface area contributed by atoms with Gasteiger partial charge in [-0.3, -0.25) is 0 Å². The average molecular weight is 306 g/mol. The first-order chi connectivity index (χ1) is 9.38. The fraction of sp³-hybridized carbons (Fsp3) is 0.727. The van der Waals surface area contributed by atoms with Gasteiger partial charge in [0.1, 0.15) is 6.04 Å². The van der Waals surface area contributed by atoms with E-state index >= 15 is 0 Å². The largest absolute Gasteiger partial charge is 0.480 e. The first-order valence-corrected chi connectivity index (χ1v) is 7.49. The molecule has 0 heterocycles. The van der Waals surface area contributed by atoms with Crippen molar-refractivity contribution >= 4 is 29.8 Å². The number of thioether (sulfide) groups is 1. The highest BCUT2D eigenvalue weighted by Crippen LogP contribution is 2.00. The number of carboxylic acid groups (broad SMARTS) is 1. The number of aliphatic carboxylic acids is 1. The number of carbonyl (C=O) groups is 3. The topological polar surface area (TPSA) is 111 Å². The Labute approximate surface area is 122 Å². The van der Waals surface area contributed by atoms with Gasteiger partial charge in [-0.25, -0.2) is 14.4 Å². The van der Waals surface area contributed by atoms with Crippen LogP contribution in [0.5, 0.6) is 0 Å². The van der Waals surface area contributed by atoms with Crippen LogP contribution in [0.15, 0.2) is 0 Å². The lowest BCUT2D eigenvalue weighted by Gasteiger charge is -2.15. The van der Waals surface area contributed by atoms with Crippen LogP contribution in [-0.4, -0.2) is 73.3 Å². The van der Waals surface area contributed by atoms with Crippen molar-refractivity contribution in [2.24, 2.45) is 0 Å². The SMILES string of the molecule is CSCC[C@H](NC(=O)NCCNC(=O)N(C)C)C(=O)O. The fourth-order valence-electron chi connectivity index (χ4n) is 1.21. The minimum Gasteiger partial charge on any atom is -0.480 e. The zero-order chi connectivity index (χ0) is 15.5. The molecule has 0 unspecified atom stereocenters. The summed E-state index contributed by atoms with van der Waals surface area (Å²) in [4.78, 5) is 35.0. The molecule has 20 heavy (non-hydrogen) atoms. The van der Waals surface area contributed by atoms with E-state index in [-0.39, 0.29) is 19.1 Å². The number of nitrogens with zero attached hydrogens (tertiary/aromatic N) is 1. The standard InChI is InChI=1S/C11H22N4O4S/c1-15(2)11(19)13-6-5-12-10(18)14-8(9(16)17)4-7-20-3/h8H,4-7H2,1-3H3,(H,13,19)(H,16,17)(H2,12,14,18)/t8-/m0/s1. The number of urea groups is 2. The van der Waals surface area contributed by atoms with Crippen LogP contribution in [0.4, 0.5) is 9.59 Å². The zero-order valence-electron chi connectivity index (χ0n) is 11.9. The van der Waals surface area contributed by atoms with E-state index in [1.165, 1.54) is 16.7 Å². The third kappa shape index (κ3) is 8.46. The van der Waals surface area contributed by atoms with Crippen LogP contribution in [0.25, 0.3) is 0 Å². The summed E-state index contributed by atoms with van der Waals surface area (Å²) in [7, 11) is 3.22. The molecular formula is C11H22N4O4S. The van der Waals surface area contributed by atoms with Crippen molar-refractivity contribution in [2.45, 2.75) is 12.5 Å². The Kier molecular flexibility index (Phi) is 9.35. The van der Waals surface area contributed by atoms with E-state index in [1.54, 1.807) is 14.1 Å². The summed E-state index contributed by atoms with van der Waals surface area (Å²) in [5.41, 5.74) is 0. The quantitative estimate of drug-likeness (QED) is 0.463. The molecule has 116 valence electrons. The Morgan fingerprint density at radius 2 is 1.80 bits per heavy atom. The van der Waals surface area contributed by atoms with Gasteiger partial charge >= 0.3 is 18.0 Å². The minimum atomic E-state index is -1.06. The summed E-state index contributed by atoms with van der Waals surface area (Å²) in [6.07, 6.45) is 2.23. The summed E-state index contributed by atoms with van der Waals surface area (Å²) in [5, 5.41) is 16.4. The van der Waals surface area contributed by atoms with Crippen LogP contribution in [0.2, 0.25) is 0 Å². The second-order valence-electron chi connectivity index (χ2n) is 4.20. The van der Waals surface area contributed by atoms with Crippen molar-refractivity contribution in [3.05, 3.63) is 0 Å². The molecule has 8 nitrogen and oxygen atoms in total. The minimum absolute atomic E-state index is 0.223. The summed E-state index contributed by atoms with van der Waals surface area (Å²) in [6.45, 7) is 0.493. The van der Waals surface area contributed by atoms with E-state index in [4.69, 9.17) is 5.11 Å². The Morgan fingerprint density at radius 3 is 2.30 bits per heavy atom. The highest BCUT2D eigenvalue weighted by atomic mass is 32.2. The van der Waals surface area contributed by atoms with Crippen molar-refractivity contribution in [3.63, 3.8) is 0 Å². The Hall–Kier alpha value is -1.64. The highest BCUT2D eigenvalue weighted by Gasteiger charge is 2.18. The monoisotopic (exact) mass is 306 g/mol. The third-order valence-electron chi connectivity index (χ3n) is 2.31. The van der Waals surface area contributed by atoms with Crippen LogP contribution in [0, 0.1) is 0 Å². The van der Waals surface area contributed by atoms with E-state index in [0.29, 0.717) is 12.2 Å². The van der Waals surface area contributed by atoms with Crippen LogP contribution >= 0.6 is 11.8 Å². The normalized spacial score (nSPS) is 11.3. The van der Waals surface area contributed by atoms with Crippen molar-refractivity contribution in [3.8, 4) is 0 Å². The molecule has 0 aromatic heterocycles. The maximum absolute atomic E-state index is 11.5. The van der Waals surface area contributed by atoms with Gasteiger partial charge < -0.3 is 26.0 Å². The molecule has 4 amide bonds. The van der Waals surface area contributed by atoms with Crippen LogP contribution in [-0.2, 0) is 4.79 Å². The van der Waals surface area contributed by atoms with Crippen molar-refractivity contribution in [2.75, 3.05) is 39.2 Å². The molecule has 0 saturated carbocycles. The lowest BCUT2D eigenvalue weighted by Crippen LogP contribution is -2.48. The van der Waals surface area contributed by atoms with Gasteiger partial charge in [0, 0.05) is 27.2 Å². The van der Waals surface area contributed by atoms with Gasteiger partial charge in [0.2, 0.25) is 0 Å². The highest BCUT2D eigenvalue weighted by molar-refractivity contribution is 7.98. The van der Waals surface area contributed by atoms with E-state index in [9.17, 15) is 14.4 Å². The average Bonchev–Trinajstić information content (AvgIpc) is 2.38. The summed E-state index contributed by atoms with van der Waals surface area (Å²) >= 11 is 1.51. The summed E-state index contributed by atoms with van der Waals surface area (Å²) in [6, 6.07) is -1.72. The van der Waals surface area contributed by atoms with Crippen LogP contribution < -0.4 is 16.0 Å². The predicted molar refractivity (Wildman–Crippen MR) is 78.0 cm³/mol. The van der Waals surface area contributed by atoms with Gasteiger partial charge in [0.25, 0.3) is 0 Å². The Morgan fingerprint density at radius 1 is 1.20 bits per heavy atom. The number of nitrogens with one attached hydrogen (secondary N) is 3. The molecule has 0 aromatic carbocycles. The second-order valence-corrected chi connectivity index (χ2v) is 5.18. The number of rotatable bonds is 8. The van der Waals surface area contributed by atoms with Crippen LogP contribution in [0.1, 0.15) is 6.42 Å². The molecular weight excluding hydrogens is 284 g/mol. The van der Waals surface area contributed by atoms with Crippen molar-refractivity contribution < 1.29 is 19.5 Å². The number of hydrogen-bond acceptors (Lipinski definition) is 4. The van der Waals surface area contributed by atoms with Gasteiger partial charge in [0.15, 0.2) is 0 Å². The molecule has 0 fully saturated rings. The van der Waals surface area contributed by atoms with Crippen LogP contribution in [0.3, 0.4) is 0 Å².